The van der Waals surface area contributed by atoms with Gasteiger partial charge in [0.1, 0.15) is 0 Å². The molecule has 0 bridgehead atoms. The summed E-state index contributed by atoms with van der Waals surface area (Å²) in [7, 11) is 2.12. The van der Waals surface area contributed by atoms with Crippen molar-refractivity contribution in [3.05, 3.63) is 24.3 Å². The van der Waals surface area contributed by atoms with Gasteiger partial charge in [0.25, 0.3) is 0 Å². The van der Waals surface area contributed by atoms with Crippen LogP contribution >= 0.6 is 0 Å². The molecule has 3 rings (SSSR count). The number of piperidine rings is 1. The summed E-state index contributed by atoms with van der Waals surface area (Å²) in [6.07, 6.45) is 4.60. The number of anilines is 2. The zero-order valence-corrected chi connectivity index (χ0v) is 13.3. The summed E-state index contributed by atoms with van der Waals surface area (Å²) in [6, 6.07) is 8.36. The normalized spacial score (nSPS) is 20.1. The summed E-state index contributed by atoms with van der Waals surface area (Å²) in [5, 5.41) is 6.01. The maximum Gasteiger partial charge on any atom is 0.319 e. The van der Waals surface area contributed by atoms with Crippen molar-refractivity contribution in [1.82, 2.24) is 10.2 Å². The third-order valence-electron chi connectivity index (χ3n) is 4.65. The lowest BCUT2D eigenvalue weighted by Gasteiger charge is -2.29. The number of nitrogens with zero attached hydrogens (tertiary/aromatic N) is 2. The number of benzene rings is 1. The van der Waals surface area contributed by atoms with E-state index in [1.54, 1.807) is 0 Å². The highest BCUT2D eigenvalue weighted by molar-refractivity contribution is 5.89. The zero-order valence-electron chi connectivity index (χ0n) is 13.3. The summed E-state index contributed by atoms with van der Waals surface area (Å²) >= 11 is 0. The fourth-order valence-corrected chi connectivity index (χ4v) is 3.24. The molecule has 120 valence electrons. The monoisotopic (exact) mass is 302 g/mol. The molecule has 0 atom stereocenters. The third kappa shape index (κ3) is 3.91. The van der Waals surface area contributed by atoms with Crippen molar-refractivity contribution >= 4 is 17.4 Å². The maximum atomic E-state index is 12.1. The highest BCUT2D eigenvalue weighted by Crippen LogP contribution is 2.22. The molecular formula is C17H26N4O. The van der Waals surface area contributed by atoms with Gasteiger partial charge in [0.05, 0.1) is 0 Å². The van der Waals surface area contributed by atoms with E-state index in [0.29, 0.717) is 6.04 Å². The molecule has 0 saturated carbocycles. The smallest absolute Gasteiger partial charge is 0.319 e. The van der Waals surface area contributed by atoms with Crippen molar-refractivity contribution in [2.75, 3.05) is 43.4 Å². The van der Waals surface area contributed by atoms with E-state index < -0.39 is 0 Å². The Morgan fingerprint density at radius 1 is 1.05 bits per heavy atom. The van der Waals surface area contributed by atoms with E-state index in [4.69, 9.17) is 0 Å². The minimum absolute atomic E-state index is 0.0940. The molecule has 22 heavy (non-hydrogen) atoms. The molecule has 1 aromatic rings. The molecule has 1 aromatic carbocycles. The summed E-state index contributed by atoms with van der Waals surface area (Å²) in [5.74, 6) is 0. The van der Waals surface area contributed by atoms with Gasteiger partial charge in [-0.3, -0.25) is 0 Å². The van der Waals surface area contributed by atoms with E-state index in [9.17, 15) is 4.79 Å². The predicted molar refractivity (Wildman–Crippen MR) is 90.6 cm³/mol. The number of hydrogen-bond acceptors (Lipinski definition) is 3. The van der Waals surface area contributed by atoms with E-state index in [1.165, 1.54) is 18.5 Å². The quantitative estimate of drug-likeness (QED) is 0.902. The van der Waals surface area contributed by atoms with E-state index in [1.807, 2.05) is 12.1 Å². The summed E-state index contributed by atoms with van der Waals surface area (Å²) in [5.41, 5.74) is 2.10. The Morgan fingerprint density at radius 2 is 1.68 bits per heavy atom. The molecule has 5 heteroatoms. The first-order valence-electron chi connectivity index (χ1n) is 8.32. The Morgan fingerprint density at radius 3 is 2.32 bits per heavy atom. The van der Waals surface area contributed by atoms with Crippen molar-refractivity contribution in [2.24, 2.45) is 0 Å². The molecule has 2 saturated heterocycles. The molecule has 0 radical (unpaired) electrons. The van der Waals surface area contributed by atoms with Gasteiger partial charge < -0.3 is 20.4 Å². The van der Waals surface area contributed by atoms with Gasteiger partial charge in [-0.05, 0) is 70.1 Å². The van der Waals surface area contributed by atoms with Crippen LogP contribution in [0.25, 0.3) is 0 Å². The SMILES string of the molecule is CN1CCC(NC(=O)Nc2ccc(N3CCCC3)cc2)CC1. The minimum Gasteiger partial charge on any atom is -0.372 e. The van der Waals surface area contributed by atoms with Gasteiger partial charge in [0.15, 0.2) is 0 Å². The second-order valence-electron chi connectivity index (χ2n) is 6.42. The lowest BCUT2D eigenvalue weighted by atomic mass is 10.1. The van der Waals surface area contributed by atoms with Crippen LogP contribution in [-0.2, 0) is 0 Å². The lowest BCUT2D eigenvalue weighted by Crippen LogP contribution is -2.44. The Kier molecular flexibility index (Phi) is 4.83. The van der Waals surface area contributed by atoms with Crippen LogP contribution in [0.4, 0.5) is 16.2 Å². The van der Waals surface area contributed by atoms with Crippen LogP contribution in [0.3, 0.4) is 0 Å². The van der Waals surface area contributed by atoms with Crippen LogP contribution in [0.5, 0.6) is 0 Å². The molecule has 2 heterocycles. The second-order valence-corrected chi connectivity index (χ2v) is 6.42. The number of carbonyl (C=O) groups excluding carboxylic acids is 1. The van der Waals surface area contributed by atoms with Crippen molar-refractivity contribution < 1.29 is 4.79 Å². The number of carbonyl (C=O) groups is 1. The number of amides is 2. The van der Waals surface area contributed by atoms with Crippen molar-refractivity contribution in [3.63, 3.8) is 0 Å². The topological polar surface area (TPSA) is 47.6 Å². The molecule has 2 amide bonds. The summed E-state index contributed by atoms with van der Waals surface area (Å²) in [4.78, 5) is 16.7. The fourth-order valence-electron chi connectivity index (χ4n) is 3.24. The van der Waals surface area contributed by atoms with Gasteiger partial charge in [0, 0.05) is 30.5 Å². The highest BCUT2D eigenvalue weighted by atomic mass is 16.2. The molecule has 0 aromatic heterocycles. The molecule has 2 N–H and O–H groups in total. The number of likely N-dealkylation sites (tertiary alicyclic amines) is 1. The van der Waals surface area contributed by atoms with Gasteiger partial charge >= 0.3 is 6.03 Å². The van der Waals surface area contributed by atoms with Crippen LogP contribution in [0.15, 0.2) is 24.3 Å². The summed E-state index contributed by atoms with van der Waals surface area (Å²) in [6.45, 7) is 4.39. The Labute approximate surface area is 132 Å². The number of hydrogen-bond donors (Lipinski definition) is 2. The maximum absolute atomic E-state index is 12.1. The van der Waals surface area contributed by atoms with Crippen LogP contribution in [0.2, 0.25) is 0 Å². The Hall–Kier alpha value is -1.75. The first-order valence-corrected chi connectivity index (χ1v) is 8.32. The molecule has 0 unspecified atom stereocenters. The predicted octanol–water partition coefficient (Wildman–Crippen LogP) is 2.50. The van der Waals surface area contributed by atoms with E-state index in [2.05, 4.69) is 39.6 Å². The molecular weight excluding hydrogens is 276 g/mol. The molecule has 5 nitrogen and oxygen atoms in total. The Balaban J connectivity index is 1.48. The van der Waals surface area contributed by atoms with Crippen LogP contribution < -0.4 is 15.5 Å². The van der Waals surface area contributed by atoms with Crippen LogP contribution in [-0.4, -0.2) is 50.2 Å². The average Bonchev–Trinajstić information content (AvgIpc) is 3.05. The fraction of sp³-hybridized carbons (Fsp3) is 0.588. The first-order chi connectivity index (χ1) is 10.7. The number of nitrogens with one attached hydrogen (secondary N) is 2. The first kappa shape index (κ1) is 15.2. The number of urea groups is 1. The van der Waals surface area contributed by atoms with Crippen molar-refractivity contribution in [3.8, 4) is 0 Å². The largest absolute Gasteiger partial charge is 0.372 e. The molecule has 2 aliphatic rings. The lowest BCUT2D eigenvalue weighted by molar-refractivity contribution is 0.221. The third-order valence-corrected chi connectivity index (χ3v) is 4.65. The van der Waals surface area contributed by atoms with Crippen LogP contribution in [0, 0.1) is 0 Å². The van der Waals surface area contributed by atoms with Crippen molar-refractivity contribution in [2.45, 2.75) is 31.7 Å². The van der Waals surface area contributed by atoms with E-state index in [-0.39, 0.29) is 6.03 Å². The number of rotatable bonds is 3. The van der Waals surface area contributed by atoms with Gasteiger partial charge in [0.2, 0.25) is 0 Å². The average molecular weight is 302 g/mol. The molecule has 0 aliphatic carbocycles. The standard InChI is InChI=1S/C17H26N4O/c1-20-12-8-15(9-13-20)19-17(22)18-14-4-6-16(7-5-14)21-10-2-3-11-21/h4-7,15H,2-3,8-13H2,1H3,(H2,18,19,22). The van der Waals surface area contributed by atoms with Gasteiger partial charge in [-0.1, -0.05) is 0 Å². The van der Waals surface area contributed by atoms with E-state index >= 15 is 0 Å². The zero-order chi connectivity index (χ0) is 15.4. The molecule has 2 fully saturated rings. The molecule has 0 spiro atoms. The highest BCUT2D eigenvalue weighted by Gasteiger charge is 2.18. The van der Waals surface area contributed by atoms with Gasteiger partial charge in [-0.2, -0.15) is 0 Å². The van der Waals surface area contributed by atoms with Crippen molar-refractivity contribution in [1.29, 1.82) is 0 Å². The second kappa shape index (κ2) is 7.01. The van der Waals surface area contributed by atoms with Crippen LogP contribution in [0.1, 0.15) is 25.7 Å². The molecule has 2 aliphatic heterocycles. The summed E-state index contributed by atoms with van der Waals surface area (Å²) < 4.78 is 0. The van der Waals surface area contributed by atoms with Gasteiger partial charge in [-0.25, -0.2) is 4.79 Å². The van der Waals surface area contributed by atoms with Gasteiger partial charge in [-0.15, -0.1) is 0 Å². The Bertz CT molecular complexity index is 488. The van der Waals surface area contributed by atoms with E-state index in [0.717, 1.165) is 44.7 Å². The minimum atomic E-state index is -0.0940.